The lowest BCUT2D eigenvalue weighted by atomic mass is 10.1. The van der Waals surface area contributed by atoms with Gasteiger partial charge in [-0.1, -0.05) is 12.1 Å². The number of nitrogens with zero attached hydrogens (tertiary/aromatic N) is 1. The summed E-state index contributed by atoms with van der Waals surface area (Å²) in [6.45, 7) is 4.89. The van der Waals surface area contributed by atoms with Crippen LogP contribution >= 0.6 is 0 Å². The average Bonchev–Trinajstić information content (AvgIpc) is 3.35. The zero-order chi connectivity index (χ0) is 17.5. The van der Waals surface area contributed by atoms with Gasteiger partial charge >= 0.3 is 5.97 Å². The molecule has 0 aliphatic heterocycles. The first-order valence-electron chi connectivity index (χ1n) is 8.38. The summed E-state index contributed by atoms with van der Waals surface area (Å²) >= 11 is 0. The molecule has 130 valence electrons. The zero-order valence-electron chi connectivity index (χ0n) is 14.3. The van der Waals surface area contributed by atoms with Gasteiger partial charge in [0.1, 0.15) is 5.82 Å². The van der Waals surface area contributed by atoms with Crippen molar-refractivity contribution in [2.24, 2.45) is 5.92 Å². The summed E-state index contributed by atoms with van der Waals surface area (Å²) < 4.78 is 18.2. The van der Waals surface area contributed by atoms with Crippen LogP contribution in [0.3, 0.4) is 0 Å². The maximum Gasteiger partial charge on any atom is 0.307 e. The lowest BCUT2D eigenvalue weighted by molar-refractivity contribution is -0.143. The molecule has 1 aromatic carbocycles. The summed E-state index contributed by atoms with van der Waals surface area (Å²) in [6, 6.07) is 6.17. The van der Waals surface area contributed by atoms with Gasteiger partial charge in [0.25, 0.3) is 0 Å². The fourth-order valence-corrected chi connectivity index (χ4v) is 2.46. The summed E-state index contributed by atoms with van der Waals surface area (Å²) in [7, 11) is 0. The third kappa shape index (κ3) is 5.80. The van der Waals surface area contributed by atoms with Gasteiger partial charge in [0.05, 0.1) is 13.0 Å². The molecule has 1 fully saturated rings. The summed E-state index contributed by atoms with van der Waals surface area (Å²) in [5.41, 5.74) is 1.39. The van der Waals surface area contributed by atoms with Gasteiger partial charge in [-0.15, -0.1) is 0 Å². The number of esters is 1. The number of allylic oxidation sites excluding steroid dienone is 1. The Bertz CT molecular complexity index is 623. The second kappa shape index (κ2) is 8.62. The third-order valence-corrected chi connectivity index (χ3v) is 4.00. The highest BCUT2D eigenvalue weighted by Gasteiger charge is 2.26. The first-order valence-corrected chi connectivity index (χ1v) is 8.38. The fourth-order valence-electron chi connectivity index (χ4n) is 2.46. The van der Waals surface area contributed by atoms with Gasteiger partial charge in [-0.05, 0) is 55.9 Å². The predicted octanol–water partition coefficient (Wildman–Crippen LogP) is 3.42. The van der Waals surface area contributed by atoms with Crippen molar-refractivity contribution in [3.63, 3.8) is 0 Å². The van der Waals surface area contributed by atoms with Crippen LogP contribution in [0.25, 0.3) is 5.57 Å². The van der Waals surface area contributed by atoms with Gasteiger partial charge in [-0.3, -0.25) is 9.59 Å². The minimum atomic E-state index is -0.329. The minimum absolute atomic E-state index is 0.145. The van der Waals surface area contributed by atoms with Crippen LogP contribution < -0.4 is 0 Å². The van der Waals surface area contributed by atoms with E-state index in [9.17, 15) is 14.0 Å². The number of carbonyl (C=O) groups is 2. The highest BCUT2D eigenvalue weighted by atomic mass is 19.1. The molecule has 1 amide bonds. The molecule has 0 radical (unpaired) electrons. The number of hydrogen-bond donors (Lipinski definition) is 0. The zero-order valence-corrected chi connectivity index (χ0v) is 14.3. The number of hydrogen-bond acceptors (Lipinski definition) is 3. The monoisotopic (exact) mass is 333 g/mol. The van der Waals surface area contributed by atoms with Gasteiger partial charge in [0, 0.05) is 19.2 Å². The topological polar surface area (TPSA) is 46.6 Å². The normalized spacial score (nSPS) is 14.4. The molecule has 0 bridgehead atoms. The molecule has 0 aromatic heterocycles. The van der Waals surface area contributed by atoms with E-state index in [1.807, 2.05) is 0 Å². The van der Waals surface area contributed by atoms with Crippen LogP contribution in [-0.4, -0.2) is 36.5 Å². The number of ether oxygens (including phenoxy) is 1. The third-order valence-electron chi connectivity index (χ3n) is 4.00. The molecule has 0 atom stereocenters. The Balaban J connectivity index is 2.02. The number of benzene rings is 1. The molecular weight excluding hydrogens is 309 g/mol. The Morgan fingerprint density at radius 2 is 2.12 bits per heavy atom. The predicted molar refractivity (Wildman–Crippen MR) is 90.6 cm³/mol. The van der Waals surface area contributed by atoms with E-state index in [0.717, 1.165) is 12.8 Å². The van der Waals surface area contributed by atoms with Gasteiger partial charge in [-0.25, -0.2) is 4.39 Å². The first kappa shape index (κ1) is 18.2. The number of halogens is 1. The van der Waals surface area contributed by atoms with Gasteiger partial charge in [0.2, 0.25) is 5.91 Å². The SMILES string of the molecule is CCOC(=O)CCN(CC1CC1)C(=O)/C=C(/C)c1cccc(F)c1. The molecule has 1 aliphatic rings. The van der Waals surface area contributed by atoms with Crippen molar-refractivity contribution in [2.75, 3.05) is 19.7 Å². The molecule has 24 heavy (non-hydrogen) atoms. The maximum atomic E-state index is 13.3. The van der Waals surface area contributed by atoms with Gasteiger partial charge in [-0.2, -0.15) is 0 Å². The molecule has 1 aliphatic carbocycles. The second-order valence-electron chi connectivity index (χ2n) is 6.12. The van der Waals surface area contributed by atoms with Crippen LogP contribution in [0, 0.1) is 11.7 Å². The fraction of sp³-hybridized carbons (Fsp3) is 0.474. The summed E-state index contributed by atoms with van der Waals surface area (Å²) in [5.74, 6) is -0.242. The van der Waals surface area contributed by atoms with Crippen molar-refractivity contribution in [1.82, 2.24) is 4.90 Å². The summed E-state index contributed by atoms with van der Waals surface area (Å²) in [4.78, 5) is 25.8. The number of rotatable bonds is 8. The molecule has 0 unspecified atom stereocenters. The molecule has 2 rings (SSSR count). The van der Waals surface area contributed by atoms with Crippen molar-refractivity contribution in [3.8, 4) is 0 Å². The maximum absolute atomic E-state index is 13.3. The molecule has 1 saturated carbocycles. The van der Waals surface area contributed by atoms with Crippen LogP contribution in [-0.2, 0) is 14.3 Å². The van der Waals surface area contributed by atoms with E-state index in [1.54, 1.807) is 30.9 Å². The lowest BCUT2D eigenvalue weighted by Crippen LogP contribution is -2.34. The average molecular weight is 333 g/mol. The van der Waals surface area contributed by atoms with Gasteiger partial charge < -0.3 is 9.64 Å². The van der Waals surface area contributed by atoms with Crippen molar-refractivity contribution in [3.05, 3.63) is 41.7 Å². The molecule has 0 saturated heterocycles. The van der Waals surface area contributed by atoms with E-state index in [-0.39, 0.29) is 24.1 Å². The van der Waals surface area contributed by atoms with Gasteiger partial charge in [0.15, 0.2) is 0 Å². The largest absolute Gasteiger partial charge is 0.466 e. The Morgan fingerprint density at radius 3 is 2.75 bits per heavy atom. The number of amides is 1. The van der Waals surface area contributed by atoms with E-state index in [0.29, 0.717) is 36.8 Å². The van der Waals surface area contributed by atoms with E-state index in [4.69, 9.17) is 4.74 Å². The molecule has 5 heteroatoms. The molecule has 4 nitrogen and oxygen atoms in total. The van der Waals surface area contributed by atoms with E-state index in [2.05, 4.69) is 0 Å². The van der Waals surface area contributed by atoms with E-state index < -0.39 is 0 Å². The quantitative estimate of drug-likeness (QED) is 0.541. The number of carbonyl (C=O) groups excluding carboxylic acids is 2. The standard InChI is InChI=1S/C19H24FNO3/c1-3-24-19(23)9-10-21(13-15-7-8-15)18(22)11-14(2)16-5-4-6-17(20)12-16/h4-6,11-12,15H,3,7-10,13H2,1-2H3/b14-11-. The van der Waals surface area contributed by atoms with Crippen LogP contribution in [0.2, 0.25) is 0 Å². The molecule has 0 spiro atoms. The minimum Gasteiger partial charge on any atom is -0.466 e. The van der Waals surface area contributed by atoms with Crippen LogP contribution in [0.1, 0.15) is 38.7 Å². The van der Waals surface area contributed by atoms with E-state index >= 15 is 0 Å². The Kier molecular flexibility index (Phi) is 6.53. The second-order valence-corrected chi connectivity index (χ2v) is 6.12. The highest BCUT2D eigenvalue weighted by molar-refractivity contribution is 5.95. The summed E-state index contributed by atoms with van der Waals surface area (Å²) in [5, 5.41) is 0. The Hall–Kier alpha value is -2.17. The Morgan fingerprint density at radius 1 is 1.38 bits per heavy atom. The van der Waals surface area contributed by atoms with Crippen LogP contribution in [0.5, 0.6) is 0 Å². The molecule has 0 N–H and O–H groups in total. The van der Waals surface area contributed by atoms with E-state index in [1.165, 1.54) is 18.2 Å². The first-order chi connectivity index (χ1) is 11.5. The highest BCUT2D eigenvalue weighted by Crippen LogP contribution is 2.30. The molecule has 1 aromatic rings. The van der Waals surface area contributed by atoms with Crippen molar-refractivity contribution in [1.29, 1.82) is 0 Å². The van der Waals surface area contributed by atoms with Crippen LogP contribution in [0.4, 0.5) is 4.39 Å². The van der Waals surface area contributed by atoms with Crippen molar-refractivity contribution in [2.45, 2.75) is 33.1 Å². The molecule has 0 heterocycles. The van der Waals surface area contributed by atoms with Crippen LogP contribution in [0.15, 0.2) is 30.3 Å². The van der Waals surface area contributed by atoms with Crippen molar-refractivity contribution >= 4 is 17.4 Å². The van der Waals surface area contributed by atoms with Crippen molar-refractivity contribution < 1.29 is 18.7 Å². The molecular formula is C19H24FNO3. The summed E-state index contributed by atoms with van der Waals surface area (Å²) in [6.07, 6.45) is 3.95. The smallest absolute Gasteiger partial charge is 0.307 e. The Labute approximate surface area is 142 Å². The lowest BCUT2D eigenvalue weighted by Gasteiger charge is -2.21.